The fraction of sp³-hybridized carbons (Fsp3) is 0.464. The van der Waals surface area contributed by atoms with Crippen molar-refractivity contribution in [2.24, 2.45) is 4.99 Å². The van der Waals surface area contributed by atoms with Crippen LogP contribution in [0.1, 0.15) is 47.7 Å². The molecule has 1 N–H and O–H groups in total. The van der Waals surface area contributed by atoms with Crippen LogP contribution in [0.2, 0.25) is 0 Å². The highest BCUT2D eigenvalue weighted by Gasteiger charge is 2.41. The second-order valence-electron chi connectivity index (χ2n) is 9.87. The van der Waals surface area contributed by atoms with E-state index in [4.69, 9.17) is 14.2 Å². The first-order valence-electron chi connectivity index (χ1n) is 13.0. The second kappa shape index (κ2) is 11.4. The Balaban J connectivity index is 1.39. The van der Waals surface area contributed by atoms with Gasteiger partial charge in [-0.15, -0.1) is 0 Å². The summed E-state index contributed by atoms with van der Waals surface area (Å²) in [5, 5.41) is 3.01. The highest BCUT2D eigenvalue weighted by Crippen LogP contribution is 2.35. The topological polar surface area (TPSA) is 85.3 Å². The molecule has 208 valence electrons. The lowest BCUT2D eigenvalue weighted by Crippen LogP contribution is -2.65. The van der Waals surface area contributed by atoms with Crippen LogP contribution in [0.15, 0.2) is 53.3 Å². The Bertz CT molecular complexity index is 1240. The van der Waals surface area contributed by atoms with Crippen molar-refractivity contribution in [2.45, 2.75) is 44.1 Å². The zero-order chi connectivity index (χ0) is 27.5. The van der Waals surface area contributed by atoms with Crippen molar-refractivity contribution >= 4 is 17.7 Å². The Kier molecular flexibility index (Phi) is 8.01. The maximum absolute atomic E-state index is 13.3. The molecule has 11 heteroatoms. The molecule has 2 fully saturated rings. The van der Waals surface area contributed by atoms with Gasteiger partial charge in [0.25, 0.3) is 5.91 Å². The average Bonchev–Trinajstić information content (AvgIpc) is 2.95. The van der Waals surface area contributed by atoms with E-state index in [-0.39, 0.29) is 11.7 Å². The minimum atomic E-state index is -4.55. The fourth-order valence-electron chi connectivity index (χ4n) is 5.05. The first-order valence-corrected chi connectivity index (χ1v) is 13.0. The van der Waals surface area contributed by atoms with E-state index in [2.05, 4.69) is 15.3 Å². The number of hydrogen-bond acceptors (Lipinski definition) is 7. The van der Waals surface area contributed by atoms with Gasteiger partial charge in [-0.2, -0.15) is 13.2 Å². The number of nitrogens with zero attached hydrogens (tertiary/aromatic N) is 3. The van der Waals surface area contributed by atoms with Crippen molar-refractivity contribution in [1.82, 2.24) is 15.2 Å². The highest BCUT2D eigenvalue weighted by atomic mass is 19.4. The van der Waals surface area contributed by atoms with E-state index in [1.54, 1.807) is 12.4 Å². The number of carbonyl (C=O) groups is 1. The number of ether oxygens (including phenoxy) is 3. The van der Waals surface area contributed by atoms with Crippen LogP contribution in [0.5, 0.6) is 5.88 Å². The lowest BCUT2D eigenvalue weighted by atomic mass is 9.90. The number of alkyl halides is 3. The molecule has 3 aliphatic heterocycles. The highest BCUT2D eigenvalue weighted by molar-refractivity contribution is 5.98. The van der Waals surface area contributed by atoms with Crippen molar-refractivity contribution in [3.63, 3.8) is 0 Å². The molecule has 3 aliphatic rings. The van der Waals surface area contributed by atoms with Crippen LogP contribution in [0, 0.1) is 0 Å². The third-order valence-electron chi connectivity index (χ3n) is 7.25. The molecule has 8 nitrogen and oxygen atoms in total. The SMILES string of the molecule is CC1=C(c2ccc(OC3CCOCC3)nc2)CC(NC(=O)c2cccc(C(F)(F)F)c2)(N2CCOCC2)C=N1. The van der Waals surface area contributed by atoms with Crippen molar-refractivity contribution < 1.29 is 32.2 Å². The number of rotatable bonds is 6. The summed E-state index contributed by atoms with van der Waals surface area (Å²) in [5.41, 5.74) is 0.467. The average molecular weight is 545 g/mol. The van der Waals surface area contributed by atoms with E-state index in [0.29, 0.717) is 51.8 Å². The summed E-state index contributed by atoms with van der Waals surface area (Å²) < 4.78 is 56.8. The van der Waals surface area contributed by atoms with E-state index in [1.807, 2.05) is 24.0 Å². The number of aliphatic imine (C=N–C) groups is 1. The van der Waals surface area contributed by atoms with Crippen LogP contribution in [0.4, 0.5) is 13.2 Å². The van der Waals surface area contributed by atoms with Crippen LogP contribution < -0.4 is 10.1 Å². The largest absolute Gasteiger partial charge is 0.474 e. The Morgan fingerprint density at radius 1 is 1.10 bits per heavy atom. The molecule has 1 aromatic carbocycles. The number of nitrogens with one attached hydrogen (secondary N) is 1. The Hall–Kier alpha value is -3.28. The van der Waals surface area contributed by atoms with E-state index >= 15 is 0 Å². The van der Waals surface area contributed by atoms with E-state index in [9.17, 15) is 18.0 Å². The van der Waals surface area contributed by atoms with Gasteiger partial charge in [-0.3, -0.25) is 14.7 Å². The van der Waals surface area contributed by atoms with E-state index in [0.717, 1.165) is 41.8 Å². The molecule has 2 aromatic rings. The number of amides is 1. The van der Waals surface area contributed by atoms with Gasteiger partial charge in [0.15, 0.2) is 0 Å². The molecule has 0 saturated carbocycles. The Morgan fingerprint density at radius 2 is 1.85 bits per heavy atom. The summed E-state index contributed by atoms with van der Waals surface area (Å²) in [7, 11) is 0. The zero-order valence-corrected chi connectivity index (χ0v) is 21.7. The number of allylic oxidation sites excluding steroid dienone is 1. The minimum absolute atomic E-state index is 0.0670. The number of benzene rings is 1. The van der Waals surface area contributed by atoms with Gasteiger partial charge in [0, 0.05) is 62.1 Å². The predicted molar refractivity (Wildman–Crippen MR) is 138 cm³/mol. The number of pyridine rings is 1. The molecular weight excluding hydrogens is 513 g/mol. The maximum atomic E-state index is 13.3. The molecule has 0 bridgehead atoms. The van der Waals surface area contributed by atoms with Gasteiger partial charge in [-0.05, 0) is 42.3 Å². The third-order valence-corrected chi connectivity index (χ3v) is 7.25. The number of halogens is 3. The standard InChI is InChI=1S/C28H31F3N4O4/c1-19-24(21-5-6-25(32-17-21)39-23-7-11-37-12-8-23)16-27(18-33-19,35-9-13-38-14-10-35)34-26(36)20-3-2-4-22(15-20)28(29,30)31/h2-6,15,17-18,23H,7-14,16H2,1H3,(H,34,36). The van der Waals surface area contributed by atoms with Crippen LogP contribution in [0.3, 0.4) is 0 Å². The van der Waals surface area contributed by atoms with E-state index < -0.39 is 23.3 Å². The summed E-state index contributed by atoms with van der Waals surface area (Å²) in [4.78, 5) is 24.5. The van der Waals surface area contributed by atoms with Crippen molar-refractivity contribution in [2.75, 3.05) is 39.5 Å². The lowest BCUT2D eigenvalue weighted by Gasteiger charge is -2.45. The molecule has 0 spiro atoms. The van der Waals surface area contributed by atoms with Gasteiger partial charge in [0.1, 0.15) is 11.8 Å². The lowest BCUT2D eigenvalue weighted by molar-refractivity contribution is -0.137. The molecule has 1 amide bonds. The Morgan fingerprint density at radius 3 is 2.54 bits per heavy atom. The van der Waals surface area contributed by atoms with Gasteiger partial charge in [-0.1, -0.05) is 6.07 Å². The van der Waals surface area contributed by atoms with Crippen molar-refractivity contribution in [1.29, 1.82) is 0 Å². The summed E-state index contributed by atoms with van der Waals surface area (Å²) in [6.07, 6.45) is 0.912. The van der Waals surface area contributed by atoms with E-state index in [1.165, 1.54) is 12.1 Å². The van der Waals surface area contributed by atoms with Gasteiger partial charge >= 0.3 is 6.18 Å². The second-order valence-corrected chi connectivity index (χ2v) is 9.87. The zero-order valence-electron chi connectivity index (χ0n) is 21.7. The molecule has 0 aliphatic carbocycles. The van der Waals surface area contributed by atoms with Gasteiger partial charge < -0.3 is 19.5 Å². The van der Waals surface area contributed by atoms with Crippen LogP contribution in [-0.4, -0.2) is 73.3 Å². The number of morpholine rings is 1. The fourth-order valence-corrected chi connectivity index (χ4v) is 5.05. The molecule has 2 saturated heterocycles. The first-order chi connectivity index (χ1) is 18.7. The molecule has 1 atom stereocenters. The maximum Gasteiger partial charge on any atom is 0.416 e. The smallest absolute Gasteiger partial charge is 0.416 e. The number of carbonyl (C=O) groups excluding carboxylic acids is 1. The van der Waals surface area contributed by atoms with Crippen molar-refractivity contribution in [3.8, 4) is 5.88 Å². The molecule has 5 rings (SSSR count). The molecule has 4 heterocycles. The van der Waals surface area contributed by atoms with Crippen molar-refractivity contribution in [3.05, 3.63) is 65.0 Å². The molecule has 1 unspecified atom stereocenters. The van der Waals surface area contributed by atoms with Crippen LogP contribution >= 0.6 is 0 Å². The van der Waals surface area contributed by atoms with Crippen LogP contribution in [0.25, 0.3) is 5.57 Å². The molecule has 0 radical (unpaired) electrons. The van der Waals surface area contributed by atoms with Crippen LogP contribution in [-0.2, 0) is 15.7 Å². The molecule has 39 heavy (non-hydrogen) atoms. The molecular formula is C28H31F3N4O4. The monoisotopic (exact) mass is 544 g/mol. The number of hydrogen-bond donors (Lipinski definition) is 1. The normalized spacial score (nSPS) is 23.1. The quantitative estimate of drug-likeness (QED) is 0.583. The molecule has 1 aromatic heterocycles. The summed E-state index contributed by atoms with van der Waals surface area (Å²) in [5.74, 6) is -0.0863. The summed E-state index contributed by atoms with van der Waals surface area (Å²) >= 11 is 0. The number of aromatic nitrogens is 1. The first kappa shape index (κ1) is 27.3. The van der Waals surface area contributed by atoms with Gasteiger partial charge in [-0.25, -0.2) is 4.98 Å². The van der Waals surface area contributed by atoms with Gasteiger partial charge in [0.05, 0.1) is 32.0 Å². The third kappa shape index (κ3) is 6.32. The van der Waals surface area contributed by atoms with Gasteiger partial charge in [0.2, 0.25) is 5.88 Å². The Labute approximate surface area is 224 Å². The summed E-state index contributed by atoms with van der Waals surface area (Å²) in [6.45, 7) is 5.20. The summed E-state index contributed by atoms with van der Waals surface area (Å²) in [6, 6.07) is 8.16. The predicted octanol–water partition coefficient (Wildman–Crippen LogP) is 4.32. The minimum Gasteiger partial charge on any atom is -0.474 e.